The monoisotopic (exact) mass is 468 g/mol. The van der Waals surface area contributed by atoms with Crippen LogP contribution in [0.15, 0.2) is 59.5 Å². The average molecular weight is 469 g/mol. The summed E-state index contributed by atoms with van der Waals surface area (Å²) < 4.78 is 11.5. The normalized spacial score (nSPS) is 13.7. The van der Waals surface area contributed by atoms with Crippen LogP contribution in [-0.4, -0.2) is 31.1 Å². The Morgan fingerprint density at radius 2 is 1.91 bits per heavy atom. The molecule has 168 valence electrons. The average Bonchev–Trinajstić information content (AvgIpc) is 3.18. The maximum absolute atomic E-state index is 6.73. The lowest BCUT2D eigenvalue weighted by Crippen LogP contribution is -2.41. The molecular formula is C26H29ClN2O2S. The van der Waals surface area contributed by atoms with Crippen LogP contribution >= 0.6 is 23.4 Å². The van der Waals surface area contributed by atoms with Gasteiger partial charge in [0.25, 0.3) is 0 Å². The number of anilines is 1. The van der Waals surface area contributed by atoms with Crippen LogP contribution in [0.4, 0.5) is 5.69 Å². The summed E-state index contributed by atoms with van der Waals surface area (Å²) in [5, 5.41) is 7.78. The summed E-state index contributed by atoms with van der Waals surface area (Å²) in [6, 6.07) is 18.6. The lowest BCUT2D eigenvalue weighted by Gasteiger charge is -2.38. The first-order valence-electron chi connectivity index (χ1n) is 11.0. The largest absolute Gasteiger partial charge is 0.497 e. The fourth-order valence-electron chi connectivity index (χ4n) is 4.14. The van der Waals surface area contributed by atoms with E-state index in [0.717, 1.165) is 47.3 Å². The van der Waals surface area contributed by atoms with E-state index >= 15 is 0 Å². The second kappa shape index (κ2) is 9.97. The molecule has 0 saturated carbocycles. The minimum absolute atomic E-state index is 0.617. The van der Waals surface area contributed by atoms with Gasteiger partial charge in [0.1, 0.15) is 17.2 Å². The molecule has 0 bridgehead atoms. The standard InChI is InChI=1S/C26H29ClN2O2S/c1-5-15-28(26-21-10-8-7-9-19(21)11-14-24(26)31-6-2)29-17-32-18(3)25(29)22-13-12-20(30-4)16-23(22)27/h7-14,16H,5-6,15,17H2,1-4H3. The zero-order chi connectivity index (χ0) is 22.7. The third-order valence-corrected chi connectivity index (χ3v) is 6.89. The lowest BCUT2D eigenvalue weighted by atomic mass is 10.1. The molecule has 1 heterocycles. The van der Waals surface area contributed by atoms with Gasteiger partial charge in [-0.3, -0.25) is 10.0 Å². The van der Waals surface area contributed by atoms with E-state index in [4.69, 9.17) is 21.1 Å². The third-order valence-electron chi connectivity index (χ3n) is 5.57. The first-order valence-corrected chi connectivity index (χ1v) is 12.3. The van der Waals surface area contributed by atoms with Gasteiger partial charge in [0.15, 0.2) is 0 Å². The van der Waals surface area contributed by atoms with E-state index in [0.29, 0.717) is 11.6 Å². The molecule has 0 aromatic heterocycles. The summed E-state index contributed by atoms with van der Waals surface area (Å²) in [5.41, 5.74) is 3.24. The van der Waals surface area contributed by atoms with Gasteiger partial charge in [-0.25, -0.2) is 0 Å². The Balaban J connectivity index is 1.87. The first kappa shape index (κ1) is 22.7. The van der Waals surface area contributed by atoms with Crippen molar-refractivity contribution in [1.82, 2.24) is 5.01 Å². The SMILES string of the molecule is CCCN(c1c(OCC)ccc2ccccc12)N1CSC(C)=C1c1ccc(OC)cc1Cl. The van der Waals surface area contributed by atoms with E-state index in [2.05, 4.69) is 66.3 Å². The lowest BCUT2D eigenvalue weighted by molar-refractivity contribution is 0.334. The predicted molar refractivity (Wildman–Crippen MR) is 138 cm³/mol. The number of thioether (sulfide) groups is 1. The maximum atomic E-state index is 6.73. The molecule has 4 rings (SSSR count). The van der Waals surface area contributed by atoms with Gasteiger partial charge < -0.3 is 9.47 Å². The van der Waals surface area contributed by atoms with Gasteiger partial charge in [-0.2, -0.15) is 0 Å². The molecule has 0 spiro atoms. The molecule has 0 fully saturated rings. The van der Waals surface area contributed by atoms with Crippen molar-refractivity contribution in [2.24, 2.45) is 0 Å². The van der Waals surface area contributed by atoms with Gasteiger partial charge in [-0.05, 0) is 49.9 Å². The van der Waals surface area contributed by atoms with Crippen LogP contribution in [0.1, 0.15) is 32.8 Å². The summed E-state index contributed by atoms with van der Waals surface area (Å²) in [6.07, 6.45) is 0.999. The quantitative estimate of drug-likeness (QED) is 0.342. The number of ether oxygens (including phenoxy) is 2. The Bertz CT molecular complexity index is 1150. The molecule has 0 aliphatic carbocycles. The molecule has 0 N–H and O–H groups in total. The second-order valence-electron chi connectivity index (χ2n) is 7.61. The van der Waals surface area contributed by atoms with E-state index in [1.807, 2.05) is 30.8 Å². The molecule has 4 nitrogen and oxygen atoms in total. The highest BCUT2D eigenvalue weighted by Gasteiger charge is 2.31. The van der Waals surface area contributed by atoms with Crippen LogP contribution in [0.3, 0.4) is 0 Å². The van der Waals surface area contributed by atoms with Gasteiger partial charge in [0.05, 0.1) is 30.3 Å². The van der Waals surface area contributed by atoms with Crippen LogP contribution in [0.25, 0.3) is 16.5 Å². The Hall–Kier alpha value is -2.50. The molecule has 0 atom stereocenters. The van der Waals surface area contributed by atoms with E-state index < -0.39 is 0 Å². The fourth-order valence-corrected chi connectivity index (χ4v) is 5.34. The van der Waals surface area contributed by atoms with Crippen molar-refractivity contribution < 1.29 is 9.47 Å². The van der Waals surface area contributed by atoms with E-state index in [-0.39, 0.29) is 0 Å². The number of hydrogen-bond donors (Lipinski definition) is 0. The Kier molecular flexibility index (Phi) is 7.07. The number of fused-ring (bicyclic) bond motifs is 1. The molecule has 0 amide bonds. The number of nitrogens with zero attached hydrogens (tertiary/aromatic N) is 2. The molecule has 1 aliphatic rings. The Morgan fingerprint density at radius 1 is 1.09 bits per heavy atom. The predicted octanol–water partition coefficient (Wildman–Crippen LogP) is 7.43. The molecule has 3 aromatic carbocycles. The first-order chi connectivity index (χ1) is 15.6. The summed E-state index contributed by atoms with van der Waals surface area (Å²) >= 11 is 8.56. The molecule has 0 radical (unpaired) electrons. The van der Waals surface area contributed by atoms with Crippen molar-refractivity contribution in [3.8, 4) is 11.5 Å². The van der Waals surface area contributed by atoms with Crippen LogP contribution in [0.5, 0.6) is 11.5 Å². The Morgan fingerprint density at radius 3 is 2.62 bits per heavy atom. The van der Waals surface area contributed by atoms with Crippen LogP contribution in [0, 0.1) is 0 Å². The number of benzene rings is 3. The number of methoxy groups -OCH3 is 1. The van der Waals surface area contributed by atoms with Gasteiger partial charge >= 0.3 is 0 Å². The molecule has 6 heteroatoms. The van der Waals surface area contributed by atoms with Crippen molar-refractivity contribution in [2.45, 2.75) is 27.2 Å². The molecule has 1 aliphatic heterocycles. The van der Waals surface area contributed by atoms with E-state index in [1.54, 1.807) is 7.11 Å². The minimum Gasteiger partial charge on any atom is -0.497 e. The van der Waals surface area contributed by atoms with Gasteiger partial charge in [0, 0.05) is 22.4 Å². The highest BCUT2D eigenvalue weighted by Crippen LogP contribution is 2.46. The van der Waals surface area contributed by atoms with Crippen LogP contribution in [-0.2, 0) is 0 Å². The van der Waals surface area contributed by atoms with Gasteiger partial charge in [-0.15, -0.1) is 11.8 Å². The minimum atomic E-state index is 0.617. The summed E-state index contributed by atoms with van der Waals surface area (Å²) in [5.74, 6) is 2.47. The summed E-state index contributed by atoms with van der Waals surface area (Å²) in [6.45, 7) is 7.88. The summed E-state index contributed by atoms with van der Waals surface area (Å²) in [4.78, 5) is 1.25. The molecule has 0 saturated heterocycles. The van der Waals surface area contributed by atoms with Crippen molar-refractivity contribution >= 4 is 45.5 Å². The van der Waals surface area contributed by atoms with Gasteiger partial charge in [0.2, 0.25) is 0 Å². The number of allylic oxidation sites excluding steroid dienone is 1. The van der Waals surface area contributed by atoms with Crippen molar-refractivity contribution in [3.63, 3.8) is 0 Å². The van der Waals surface area contributed by atoms with Crippen molar-refractivity contribution in [3.05, 3.63) is 70.1 Å². The second-order valence-corrected chi connectivity index (χ2v) is 9.18. The zero-order valence-electron chi connectivity index (χ0n) is 19.0. The molecular weight excluding hydrogens is 440 g/mol. The summed E-state index contributed by atoms with van der Waals surface area (Å²) in [7, 11) is 1.66. The highest BCUT2D eigenvalue weighted by atomic mass is 35.5. The van der Waals surface area contributed by atoms with Crippen molar-refractivity contribution in [2.75, 3.05) is 31.1 Å². The number of halogens is 1. The van der Waals surface area contributed by atoms with E-state index in [9.17, 15) is 0 Å². The van der Waals surface area contributed by atoms with Gasteiger partial charge in [-0.1, -0.05) is 48.9 Å². The van der Waals surface area contributed by atoms with Crippen LogP contribution < -0.4 is 14.5 Å². The molecule has 32 heavy (non-hydrogen) atoms. The topological polar surface area (TPSA) is 24.9 Å². The number of hydrazine groups is 1. The zero-order valence-corrected chi connectivity index (χ0v) is 20.6. The fraction of sp³-hybridized carbons (Fsp3) is 0.308. The van der Waals surface area contributed by atoms with Crippen LogP contribution in [0.2, 0.25) is 5.02 Å². The maximum Gasteiger partial charge on any atom is 0.145 e. The highest BCUT2D eigenvalue weighted by molar-refractivity contribution is 8.03. The molecule has 3 aromatic rings. The smallest absolute Gasteiger partial charge is 0.145 e. The molecule has 0 unspecified atom stereocenters. The Labute approximate surface area is 199 Å². The third kappa shape index (κ3) is 4.24. The number of rotatable bonds is 8. The number of hydrogen-bond acceptors (Lipinski definition) is 5. The van der Waals surface area contributed by atoms with Crippen molar-refractivity contribution in [1.29, 1.82) is 0 Å². The van der Waals surface area contributed by atoms with E-state index in [1.165, 1.54) is 15.7 Å².